The minimum absolute atomic E-state index is 0.582. The van der Waals surface area contributed by atoms with Crippen LogP contribution in [0.5, 0.6) is 0 Å². The van der Waals surface area contributed by atoms with Crippen molar-refractivity contribution in [2.24, 2.45) is 0 Å². The summed E-state index contributed by atoms with van der Waals surface area (Å²) in [5.74, 6) is 0. The van der Waals surface area contributed by atoms with Crippen LogP contribution in [-0.2, 0) is 9.78 Å². The molecule has 0 saturated carbocycles. The Labute approximate surface area is 58.5 Å². The summed E-state index contributed by atoms with van der Waals surface area (Å²) < 4.78 is 7.22. The predicted octanol–water partition coefficient (Wildman–Crippen LogP) is 2.14. The largest absolute Gasteiger partial charge is 0.236 e. The zero-order valence-electron chi connectivity index (χ0n) is 7.44. The molecule has 2 heteroatoms. The molecule has 0 bridgehead atoms. The summed E-state index contributed by atoms with van der Waals surface area (Å²) in [6, 6.07) is 0. The number of hydrogen-bond donors (Lipinski definition) is 0. The first kappa shape index (κ1) is 7.03. The van der Waals surface area contributed by atoms with Crippen LogP contribution in [-0.4, -0.2) is 12.7 Å². The lowest BCUT2D eigenvalue weighted by molar-refractivity contribution is -0.317. The Balaban J connectivity index is 3.04. The predicted molar refractivity (Wildman–Crippen MR) is 37.1 cm³/mol. The zero-order valence-corrected chi connectivity index (χ0v) is 6.44. The zero-order chi connectivity index (χ0) is 8.04. The standard InChI is InChI=1S/C7H16O2/c1-4-5-6-8-9-7(2)3/h7H,4-6H2,1-3H3/i7T. The van der Waals surface area contributed by atoms with Crippen LogP contribution < -0.4 is 0 Å². The Kier molecular flexibility index (Phi) is 4.72. The van der Waals surface area contributed by atoms with Crippen LogP contribution in [0.2, 0.25) is 0 Å². The maximum absolute atomic E-state index is 7.22. The third-order valence-corrected chi connectivity index (χ3v) is 0.807. The Morgan fingerprint density at radius 2 is 2.22 bits per heavy atom. The van der Waals surface area contributed by atoms with E-state index in [1.54, 1.807) is 13.8 Å². The Morgan fingerprint density at radius 1 is 1.56 bits per heavy atom. The van der Waals surface area contributed by atoms with Crippen LogP contribution in [0.25, 0.3) is 0 Å². The van der Waals surface area contributed by atoms with Gasteiger partial charge in [0.1, 0.15) is 0 Å². The van der Waals surface area contributed by atoms with Crippen molar-refractivity contribution in [3.8, 4) is 0 Å². The van der Waals surface area contributed by atoms with E-state index >= 15 is 0 Å². The Hall–Kier alpha value is -0.0800. The van der Waals surface area contributed by atoms with Gasteiger partial charge in [-0.05, 0) is 20.3 Å². The van der Waals surface area contributed by atoms with Crippen molar-refractivity contribution < 1.29 is 11.1 Å². The summed E-state index contributed by atoms with van der Waals surface area (Å²) in [4.78, 5) is 9.45. The molecule has 0 radical (unpaired) electrons. The highest BCUT2D eigenvalue weighted by molar-refractivity contribution is 4.29. The van der Waals surface area contributed by atoms with Crippen LogP contribution in [0, 0.1) is 0 Å². The van der Waals surface area contributed by atoms with Crippen LogP contribution >= 0.6 is 0 Å². The van der Waals surface area contributed by atoms with Crippen LogP contribution in [0.15, 0.2) is 0 Å². The van der Waals surface area contributed by atoms with Gasteiger partial charge in [0, 0.05) is 0 Å². The summed E-state index contributed by atoms with van der Waals surface area (Å²) in [6.07, 6.45) is 1.14. The average molecular weight is 134 g/mol. The summed E-state index contributed by atoms with van der Waals surface area (Å²) >= 11 is 0. The molecule has 0 aliphatic rings. The summed E-state index contributed by atoms with van der Waals surface area (Å²) in [7, 11) is 0. The fraction of sp³-hybridized carbons (Fsp3) is 1.00. The van der Waals surface area contributed by atoms with Crippen LogP contribution in [0.1, 0.15) is 35.0 Å². The maximum atomic E-state index is 7.22. The molecular formula is C7H16O2. The van der Waals surface area contributed by atoms with E-state index in [0.717, 1.165) is 12.8 Å². The average Bonchev–Trinajstić information content (AvgIpc) is 1.78. The Morgan fingerprint density at radius 3 is 2.67 bits per heavy atom. The van der Waals surface area contributed by atoms with E-state index in [1.165, 1.54) is 0 Å². The molecule has 0 amide bonds. The van der Waals surface area contributed by atoms with E-state index in [2.05, 4.69) is 6.92 Å². The third-order valence-electron chi connectivity index (χ3n) is 0.807. The lowest BCUT2D eigenvalue weighted by atomic mass is 10.4. The monoisotopic (exact) mass is 134 g/mol. The summed E-state index contributed by atoms with van der Waals surface area (Å²) in [5.41, 5.74) is 0. The van der Waals surface area contributed by atoms with Gasteiger partial charge < -0.3 is 0 Å². The second kappa shape index (κ2) is 6.05. The van der Waals surface area contributed by atoms with Gasteiger partial charge in [-0.25, -0.2) is 9.78 Å². The molecule has 0 saturated heterocycles. The van der Waals surface area contributed by atoms with Crippen molar-refractivity contribution in [2.75, 3.05) is 6.61 Å². The maximum Gasteiger partial charge on any atom is 0.0873 e. The van der Waals surface area contributed by atoms with Gasteiger partial charge in [0.2, 0.25) is 0 Å². The van der Waals surface area contributed by atoms with E-state index < -0.39 is 6.08 Å². The molecule has 0 unspecified atom stereocenters. The van der Waals surface area contributed by atoms with E-state index in [9.17, 15) is 0 Å². The number of rotatable bonds is 5. The summed E-state index contributed by atoms with van der Waals surface area (Å²) in [5, 5.41) is 0. The van der Waals surface area contributed by atoms with Crippen molar-refractivity contribution in [3.63, 3.8) is 0 Å². The second-order valence-electron chi connectivity index (χ2n) is 2.17. The molecule has 2 nitrogen and oxygen atoms in total. The van der Waals surface area contributed by atoms with Gasteiger partial charge >= 0.3 is 0 Å². The van der Waals surface area contributed by atoms with Gasteiger partial charge in [-0.1, -0.05) is 13.3 Å². The van der Waals surface area contributed by atoms with Gasteiger partial charge in [-0.3, -0.25) is 0 Å². The quantitative estimate of drug-likeness (QED) is 0.326. The van der Waals surface area contributed by atoms with E-state index in [-0.39, 0.29) is 0 Å². The van der Waals surface area contributed by atoms with Gasteiger partial charge in [-0.2, -0.15) is 0 Å². The minimum atomic E-state index is -0.923. The normalized spacial score (nSPS) is 13.4. The van der Waals surface area contributed by atoms with Crippen molar-refractivity contribution in [3.05, 3.63) is 0 Å². The molecule has 0 fully saturated rings. The molecule has 0 aromatic rings. The molecular weight excluding hydrogens is 116 g/mol. The van der Waals surface area contributed by atoms with Crippen molar-refractivity contribution >= 4 is 0 Å². The molecule has 0 aromatic heterocycles. The molecule has 0 rings (SSSR count). The first-order valence-electron chi connectivity index (χ1n) is 3.87. The van der Waals surface area contributed by atoms with Gasteiger partial charge in [-0.15, -0.1) is 0 Å². The molecule has 0 aliphatic heterocycles. The SMILES string of the molecule is [3H]C(C)(C)OOCCCC. The Bertz CT molecular complexity index is 78.2. The van der Waals surface area contributed by atoms with Crippen molar-refractivity contribution in [1.29, 1.82) is 0 Å². The first-order chi connectivity index (χ1) is 4.56. The second-order valence-corrected chi connectivity index (χ2v) is 2.17. The highest BCUT2D eigenvalue weighted by atomic mass is 17.2. The molecule has 0 heterocycles. The van der Waals surface area contributed by atoms with Gasteiger partial charge in [0.05, 0.1) is 14.1 Å². The fourth-order valence-electron chi connectivity index (χ4n) is 0.363. The smallest absolute Gasteiger partial charge is 0.0873 e. The fourth-order valence-corrected chi connectivity index (χ4v) is 0.363. The van der Waals surface area contributed by atoms with E-state index in [0.29, 0.717) is 6.61 Å². The van der Waals surface area contributed by atoms with E-state index in [4.69, 9.17) is 11.1 Å². The number of hydrogen-bond acceptors (Lipinski definition) is 2. The molecule has 0 spiro atoms. The lowest BCUT2D eigenvalue weighted by Gasteiger charge is -2.04. The highest BCUT2D eigenvalue weighted by Crippen LogP contribution is 1.92. The molecule has 0 atom stereocenters. The van der Waals surface area contributed by atoms with E-state index in [1.807, 2.05) is 0 Å². The minimum Gasteiger partial charge on any atom is -0.236 e. The van der Waals surface area contributed by atoms with Gasteiger partial charge in [0.25, 0.3) is 0 Å². The van der Waals surface area contributed by atoms with Crippen LogP contribution in [0.3, 0.4) is 0 Å². The van der Waals surface area contributed by atoms with Crippen LogP contribution in [0.4, 0.5) is 0 Å². The molecule has 56 valence electrons. The highest BCUT2D eigenvalue weighted by Gasteiger charge is 1.91. The number of unbranched alkanes of at least 4 members (excludes halogenated alkanes) is 1. The van der Waals surface area contributed by atoms with Crippen molar-refractivity contribution in [2.45, 2.75) is 39.7 Å². The molecule has 0 aromatic carbocycles. The summed E-state index contributed by atoms with van der Waals surface area (Å²) in [6.45, 7) is 5.94. The molecule has 9 heavy (non-hydrogen) atoms. The van der Waals surface area contributed by atoms with Crippen molar-refractivity contribution in [1.82, 2.24) is 0 Å². The first-order valence-corrected chi connectivity index (χ1v) is 3.37. The third kappa shape index (κ3) is 7.92. The molecule has 0 N–H and O–H groups in total. The van der Waals surface area contributed by atoms with Gasteiger partial charge in [0.15, 0.2) is 0 Å². The lowest BCUT2D eigenvalue weighted by Crippen LogP contribution is -2.04. The topological polar surface area (TPSA) is 18.5 Å². The molecule has 0 aliphatic carbocycles.